The van der Waals surface area contributed by atoms with Crippen LogP contribution in [0.5, 0.6) is 0 Å². The summed E-state index contributed by atoms with van der Waals surface area (Å²) in [6, 6.07) is 1.75. The number of hydrogen-bond acceptors (Lipinski definition) is 3. The van der Waals surface area contributed by atoms with Gasteiger partial charge in [0.05, 0.1) is 5.56 Å². The van der Waals surface area contributed by atoms with E-state index in [9.17, 15) is 4.79 Å². The van der Waals surface area contributed by atoms with Crippen LogP contribution in [0.25, 0.3) is 0 Å². The molecule has 0 aliphatic carbocycles. The summed E-state index contributed by atoms with van der Waals surface area (Å²) in [7, 11) is 0. The fourth-order valence-corrected chi connectivity index (χ4v) is 2.08. The first-order valence-corrected chi connectivity index (χ1v) is 5.10. The molecule has 0 atom stereocenters. The maximum Gasteiger partial charge on any atom is 0.249 e. The normalized spacial score (nSPS) is 10.2. The SMILES string of the molecule is NC(=O)c1ccsc1CCCCO. The van der Waals surface area contributed by atoms with Crippen LogP contribution in [0.15, 0.2) is 11.4 Å². The molecule has 0 saturated heterocycles. The number of nitrogens with two attached hydrogens (primary N) is 1. The standard InChI is InChI=1S/C9H13NO2S/c10-9(12)7-4-6-13-8(7)3-1-2-5-11/h4,6,11H,1-3,5H2,(H2,10,12). The van der Waals surface area contributed by atoms with Gasteiger partial charge >= 0.3 is 0 Å². The summed E-state index contributed by atoms with van der Waals surface area (Å²) in [5.41, 5.74) is 5.81. The molecule has 1 heterocycles. The van der Waals surface area contributed by atoms with Crippen LogP contribution in [-0.2, 0) is 6.42 Å². The second kappa shape index (κ2) is 4.99. The smallest absolute Gasteiger partial charge is 0.249 e. The lowest BCUT2D eigenvalue weighted by Crippen LogP contribution is -2.11. The summed E-state index contributed by atoms with van der Waals surface area (Å²) in [6.45, 7) is 0.206. The molecule has 13 heavy (non-hydrogen) atoms. The molecule has 0 spiro atoms. The highest BCUT2D eigenvalue weighted by Crippen LogP contribution is 2.18. The van der Waals surface area contributed by atoms with Crippen molar-refractivity contribution in [1.82, 2.24) is 0 Å². The number of aryl methyl sites for hydroxylation is 1. The molecule has 3 nitrogen and oxygen atoms in total. The molecule has 0 unspecified atom stereocenters. The Morgan fingerprint density at radius 1 is 1.54 bits per heavy atom. The Labute approximate surface area is 81.2 Å². The maximum absolute atomic E-state index is 10.9. The van der Waals surface area contributed by atoms with Gasteiger partial charge in [0.1, 0.15) is 0 Å². The van der Waals surface area contributed by atoms with Crippen molar-refractivity contribution in [3.8, 4) is 0 Å². The Kier molecular flexibility index (Phi) is 3.92. The zero-order chi connectivity index (χ0) is 9.68. The summed E-state index contributed by atoms with van der Waals surface area (Å²) in [5, 5.41) is 10.5. The first-order chi connectivity index (χ1) is 6.25. The maximum atomic E-state index is 10.9. The predicted molar refractivity (Wildman–Crippen MR) is 52.9 cm³/mol. The summed E-state index contributed by atoms with van der Waals surface area (Å²) >= 11 is 1.55. The van der Waals surface area contributed by atoms with E-state index in [1.165, 1.54) is 0 Å². The summed E-state index contributed by atoms with van der Waals surface area (Å²) < 4.78 is 0. The number of primary amides is 1. The number of carbonyl (C=O) groups excluding carboxylic acids is 1. The molecule has 0 bridgehead atoms. The first-order valence-electron chi connectivity index (χ1n) is 4.22. The Hall–Kier alpha value is -0.870. The molecule has 4 heteroatoms. The van der Waals surface area contributed by atoms with Crippen molar-refractivity contribution in [1.29, 1.82) is 0 Å². The third-order valence-electron chi connectivity index (χ3n) is 1.82. The minimum absolute atomic E-state index is 0.206. The highest BCUT2D eigenvalue weighted by atomic mass is 32.1. The Balaban J connectivity index is 2.55. The Morgan fingerprint density at radius 3 is 2.92 bits per heavy atom. The molecule has 0 aliphatic heterocycles. The van der Waals surface area contributed by atoms with E-state index in [0.29, 0.717) is 5.56 Å². The van der Waals surface area contributed by atoms with Crippen LogP contribution >= 0.6 is 11.3 Å². The fraction of sp³-hybridized carbons (Fsp3) is 0.444. The van der Waals surface area contributed by atoms with E-state index in [2.05, 4.69) is 0 Å². The van der Waals surface area contributed by atoms with Gasteiger partial charge in [-0.25, -0.2) is 0 Å². The summed E-state index contributed by atoms with van der Waals surface area (Å²) in [5.74, 6) is -0.361. The number of hydrogen-bond donors (Lipinski definition) is 2. The van der Waals surface area contributed by atoms with Gasteiger partial charge in [-0.2, -0.15) is 0 Å². The molecule has 1 aromatic heterocycles. The molecular weight excluding hydrogens is 186 g/mol. The molecule has 0 aromatic carbocycles. The topological polar surface area (TPSA) is 63.3 Å². The molecule has 3 N–H and O–H groups in total. The van der Waals surface area contributed by atoms with Crippen molar-refractivity contribution >= 4 is 17.2 Å². The van der Waals surface area contributed by atoms with Gasteiger partial charge in [0.25, 0.3) is 0 Å². The van der Waals surface area contributed by atoms with Gasteiger partial charge in [-0.05, 0) is 30.7 Å². The van der Waals surface area contributed by atoms with Crippen LogP contribution in [-0.4, -0.2) is 17.6 Å². The minimum atomic E-state index is -0.361. The van der Waals surface area contributed by atoms with E-state index in [1.54, 1.807) is 17.4 Å². The van der Waals surface area contributed by atoms with Gasteiger partial charge in [-0.3, -0.25) is 4.79 Å². The lowest BCUT2D eigenvalue weighted by Gasteiger charge is -1.98. The van der Waals surface area contributed by atoms with Gasteiger partial charge in [0, 0.05) is 11.5 Å². The molecule has 0 fully saturated rings. The number of amides is 1. The fourth-order valence-electron chi connectivity index (χ4n) is 1.15. The number of rotatable bonds is 5. The number of aliphatic hydroxyl groups excluding tert-OH is 1. The predicted octanol–water partition coefficient (Wildman–Crippen LogP) is 1.16. The van der Waals surface area contributed by atoms with Crippen LogP contribution in [0.1, 0.15) is 28.1 Å². The summed E-state index contributed by atoms with van der Waals surface area (Å²) in [4.78, 5) is 11.9. The average molecular weight is 199 g/mol. The number of aliphatic hydroxyl groups is 1. The quantitative estimate of drug-likeness (QED) is 0.699. The van der Waals surface area contributed by atoms with Crippen LogP contribution in [0.2, 0.25) is 0 Å². The van der Waals surface area contributed by atoms with Crippen molar-refractivity contribution in [2.45, 2.75) is 19.3 Å². The zero-order valence-electron chi connectivity index (χ0n) is 7.32. The monoisotopic (exact) mass is 199 g/mol. The van der Waals surface area contributed by atoms with Crippen LogP contribution in [0.4, 0.5) is 0 Å². The molecular formula is C9H13NO2S. The largest absolute Gasteiger partial charge is 0.396 e. The number of carbonyl (C=O) groups is 1. The van der Waals surface area contributed by atoms with Gasteiger partial charge in [0.2, 0.25) is 5.91 Å². The van der Waals surface area contributed by atoms with E-state index in [-0.39, 0.29) is 12.5 Å². The second-order valence-electron chi connectivity index (χ2n) is 2.80. The zero-order valence-corrected chi connectivity index (χ0v) is 8.14. The first kappa shape index (κ1) is 10.2. The lowest BCUT2D eigenvalue weighted by atomic mass is 10.1. The Morgan fingerprint density at radius 2 is 2.31 bits per heavy atom. The van der Waals surface area contributed by atoms with Gasteiger partial charge in [0.15, 0.2) is 0 Å². The summed E-state index contributed by atoms with van der Waals surface area (Å²) in [6.07, 6.45) is 2.50. The number of unbranched alkanes of at least 4 members (excludes halogenated alkanes) is 1. The third kappa shape index (κ3) is 2.82. The van der Waals surface area contributed by atoms with E-state index < -0.39 is 0 Å². The van der Waals surface area contributed by atoms with Crippen molar-refractivity contribution in [3.05, 3.63) is 21.9 Å². The van der Waals surface area contributed by atoms with Crippen LogP contribution in [0, 0.1) is 0 Å². The molecule has 1 amide bonds. The van der Waals surface area contributed by atoms with Gasteiger partial charge in [-0.1, -0.05) is 0 Å². The van der Waals surface area contributed by atoms with Crippen molar-refractivity contribution in [3.63, 3.8) is 0 Å². The molecule has 0 aliphatic rings. The van der Waals surface area contributed by atoms with Gasteiger partial charge in [-0.15, -0.1) is 11.3 Å². The lowest BCUT2D eigenvalue weighted by molar-refractivity contribution is 0.1000. The van der Waals surface area contributed by atoms with E-state index in [1.807, 2.05) is 5.38 Å². The second-order valence-corrected chi connectivity index (χ2v) is 3.80. The van der Waals surface area contributed by atoms with E-state index in [4.69, 9.17) is 10.8 Å². The van der Waals surface area contributed by atoms with Gasteiger partial charge < -0.3 is 10.8 Å². The highest BCUT2D eigenvalue weighted by Gasteiger charge is 2.08. The average Bonchev–Trinajstić information content (AvgIpc) is 2.53. The molecule has 72 valence electrons. The molecule has 0 saturated carbocycles. The minimum Gasteiger partial charge on any atom is -0.396 e. The van der Waals surface area contributed by atoms with Crippen molar-refractivity contribution < 1.29 is 9.90 Å². The number of thiophene rings is 1. The van der Waals surface area contributed by atoms with Crippen LogP contribution < -0.4 is 5.73 Å². The molecule has 0 radical (unpaired) electrons. The third-order valence-corrected chi connectivity index (χ3v) is 2.80. The van der Waals surface area contributed by atoms with Crippen molar-refractivity contribution in [2.24, 2.45) is 5.73 Å². The van der Waals surface area contributed by atoms with E-state index in [0.717, 1.165) is 24.1 Å². The molecule has 1 rings (SSSR count). The Bertz CT molecular complexity index is 283. The molecule has 1 aromatic rings. The van der Waals surface area contributed by atoms with Crippen molar-refractivity contribution in [2.75, 3.05) is 6.61 Å². The highest BCUT2D eigenvalue weighted by molar-refractivity contribution is 7.10. The van der Waals surface area contributed by atoms with E-state index >= 15 is 0 Å². The van der Waals surface area contributed by atoms with Crippen LogP contribution in [0.3, 0.4) is 0 Å².